The molecule has 0 spiro atoms. The summed E-state index contributed by atoms with van der Waals surface area (Å²) in [7, 11) is 1.12. The van der Waals surface area contributed by atoms with E-state index in [0.29, 0.717) is 81.3 Å². The van der Waals surface area contributed by atoms with Crippen molar-refractivity contribution in [3.63, 3.8) is 0 Å². The Balaban J connectivity index is 0.978. The van der Waals surface area contributed by atoms with Crippen molar-refractivity contribution in [3.8, 4) is 22.8 Å². The van der Waals surface area contributed by atoms with Gasteiger partial charge >= 0.3 is 12.3 Å². The number of hydrogen-bond acceptors (Lipinski definition) is 8. The molecule has 3 amide bonds. The number of rotatable bonds is 12. The normalized spacial score (nSPS) is 17.2. The average Bonchev–Trinajstić information content (AvgIpc) is 3.67. The predicted molar refractivity (Wildman–Crippen MR) is 214 cm³/mol. The number of ether oxygens (including phenoxy) is 2. The molecule has 1 aliphatic heterocycles. The molecule has 0 radical (unpaired) electrons. The number of carbonyl (C=O) groups is 3. The van der Waals surface area contributed by atoms with Crippen LogP contribution in [0.25, 0.3) is 11.1 Å². The van der Waals surface area contributed by atoms with Crippen LogP contribution in [0.1, 0.15) is 63.4 Å². The van der Waals surface area contributed by atoms with Crippen LogP contribution in [0.4, 0.5) is 22.4 Å². The molecule has 60 heavy (non-hydrogen) atoms. The summed E-state index contributed by atoms with van der Waals surface area (Å²) in [6.45, 7) is 3.24. The molecule has 3 heterocycles. The number of nitrogens with one attached hydrogen (secondary N) is 2. The molecule has 12 nitrogen and oxygen atoms in total. The average molecular weight is 828 g/mol. The molecule has 2 aromatic heterocycles. The largest absolute Gasteiger partial charge is 0.445 e. The van der Waals surface area contributed by atoms with Crippen LogP contribution < -0.4 is 15.4 Å². The molecule has 2 aliphatic rings. The predicted octanol–water partition coefficient (Wildman–Crippen LogP) is 7.40. The first-order chi connectivity index (χ1) is 28.9. The molecule has 2 fully saturated rings. The summed E-state index contributed by atoms with van der Waals surface area (Å²) in [5, 5.41) is 9.41. The van der Waals surface area contributed by atoms with Gasteiger partial charge in [0, 0.05) is 57.9 Å². The van der Waals surface area contributed by atoms with Crippen LogP contribution in [0.15, 0.2) is 97.2 Å². The second kappa shape index (κ2) is 18.7. The molecule has 16 heteroatoms. The van der Waals surface area contributed by atoms with Crippen molar-refractivity contribution in [2.75, 3.05) is 32.7 Å². The Morgan fingerprint density at radius 2 is 1.45 bits per heavy atom. The molecule has 5 aromatic rings. The molecule has 314 valence electrons. The van der Waals surface area contributed by atoms with Gasteiger partial charge in [-0.15, -0.1) is 0 Å². The maximum Gasteiger partial charge on any atom is 0.433 e. The molecule has 0 atom stereocenters. The van der Waals surface area contributed by atoms with Crippen LogP contribution in [-0.2, 0) is 31.0 Å². The zero-order chi connectivity index (χ0) is 42.2. The highest BCUT2D eigenvalue weighted by atomic mass is 19.4. The van der Waals surface area contributed by atoms with E-state index in [-0.39, 0.29) is 41.9 Å². The van der Waals surface area contributed by atoms with Crippen molar-refractivity contribution < 1.29 is 41.4 Å². The number of aryl methyl sites for hydroxylation is 1. The van der Waals surface area contributed by atoms with E-state index < -0.39 is 29.5 Å². The van der Waals surface area contributed by atoms with E-state index in [9.17, 15) is 31.9 Å². The van der Waals surface area contributed by atoms with Crippen molar-refractivity contribution >= 4 is 17.9 Å². The Morgan fingerprint density at radius 1 is 0.800 bits per heavy atom. The van der Waals surface area contributed by atoms with Crippen molar-refractivity contribution in [3.05, 3.63) is 131 Å². The van der Waals surface area contributed by atoms with E-state index in [1.807, 2.05) is 78.9 Å². The molecular weight excluding hydrogens is 783 g/mol. The highest BCUT2D eigenvalue weighted by Gasteiger charge is 2.36. The molecule has 2 N–H and O–H groups in total. The van der Waals surface area contributed by atoms with Gasteiger partial charge in [-0.25, -0.2) is 14.2 Å². The topological polar surface area (TPSA) is 131 Å². The number of carbonyl (C=O) groups excluding carboxylic acids is 3. The van der Waals surface area contributed by atoms with Gasteiger partial charge in [0.15, 0.2) is 5.69 Å². The van der Waals surface area contributed by atoms with Crippen molar-refractivity contribution in [1.29, 1.82) is 0 Å². The Bertz CT molecular complexity index is 2270. The third kappa shape index (κ3) is 10.7. The number of halogens is 4. The van der Waals surface area contributed by atoms with Crippen molar-refractivity contribution in [2.24, 2.45) is 7.05 Å². The lowest BCUT2D eigenvalue weighted by Gasteiger charge is -2.34. The summed E-state index contributed by atoms with van der Waals surface area (Å²) in [6, 6.07) is 26.2. The molecule has 1 saturated heterocycles. The summed E-state index contributed by atoms with van der Waals surface area (Å²) in [4.78, 5) is 47.3. The summed E-state index contributed by atoms with van der Waals surface area (Å²) in [6.07, 6.45) is -1.61. The minimum Gasteiger partial charge on any atom is -0.445 e. The van der Waals surface area contributed by atoms with E-state index in [1.165, 1.54) is 0 Å². The Morgan fingerprint density at radius 3 is 2.10 bits per heavy atom. The Hall–Kier alpha value is -6.29. The first-order valence-electron chi connectivity index (χ1n) is 19.8. The van der Waals surface area contributed by atoms with Crippen LogP contribution in [0.2, 0.25) is 0 Å². The van der Waals surface area contributed by atoms with Gasteiger partial charge < -0.3 is 25.0 Å². The Labute approximate surface area is 344 Å². The lowest BCUT2D eigenvalue weighted by Crippen LogP contribution is -2.49. The third-order valence-corrected chi connectivity index (χ3v) is 10.8. The van der Waals surface area contributed by atoms with E-state index in [4.69, 9.17) is 9.47 Å². The highest BCUT2D eigenvalue weighted by molar-refractivity contribution is 5.96. The lowest BCUT2D eigenvalue weighted by atomic mass is 9.91. The minimum absolute atomic E-state index is 0.0717. The fourth-order valence-corrected chi connectivity index (χ4v) is 7.43. The second-order valence-corrected chi connectivity index (χ2v) is 14.9. The monoisotopic (exact) mass is 827 g/mol. The van der Waals surface area contributed by atoms with Crippen LogP contribution in [0.3, 0.4) is 0 Å². The van der Waals surface area contributed by atoms with Gasteiger partial charge in [0.25, 0.3) is 11.8 Å². The number of aromatic nitrogens is 3. The minimum atomic E-state index is -4.64. The maximum absolute atomic E-state index is 14.7. The van der Waals surface area contributed by atoms with Crippen molar-refractivity contribution in [1.82, 2.24) is 35.2 Å². The Kier molecular flexibility index (Phi) is 13.1. The molecule has 1 saturated carbocycles. The van der Waals surface area contributed by atoms with Gasteiger partial charge in [-0.3, -0.25) is 19.2 Å². The number of hydrogen-bond donors (Lipinski definition) is 2. The van der Waals surface area contributed by atoms with Gasteiger partial charge in [0.1, 0.15) is 29.4 Å². The van der Waals surface area contributed by atoms with Gasteiger partial charge in [-0.1, -0.05) is 72.8 Å². The summed E-state index contributed by atoms with van der Waals surface area (Å²) < 4.78 is 66.9. The number of nitrogens with zero attached hydrogens (tertiary/aromatic N) is 5. The second-order valence-electron chi connectivity index (χ2n) is 14.9. The maximum atomic E-state index is 14.7. The van der Waals surface area contributed by atoms with E-state index in [0.717, 1.165) is 41.6 Å². The molecular formula is C44H45F4N7O5. The van der Waals surface area contributed by atoms with Gasteiger partial charge in [0.2, 0.25) is 5.88 Å². The number of alkyl halides is 3. The smallest absolute Gasteiger partial charge is 0.433 e. The quantitative estimate of drug-likeness (QED) is 0.125. The molecule has 0 unspecified atom stereocenters. The molecule has 3 aromatic carbocycles. The summed E-state index contributed by atoms with van der Waals surface area (Å²) in [5.74, 6) is -1.63. The van der Waals surface area contributed by atoms with Gasteiger partial charge in [0.05, 0.1) is 6.20 Å². The van der Waals surface area contributed by atoms with Crippen LogP contribution in [0.5, 0.6) is 11.6 Å². The third-order valence-electron chi connectivity index (χ3n) is 10.8. The van der Waals surface area contributed by atoms with Crippen LogP contribution in [-0.4, -0.2) is 87.3 Å². The van der Waals surface area contributed by atoms with Crippen molar-refractivity contribution in [2.45, 2.75) is 57.0 Å². The fraction of sp³-hybridized carbons (Fsp3) is 0.341. The zero-order valence-electron chi connectivity index (χ0n) is 33.0. The SMILES string of the molecule is Cn1nc(C(=O)N[C@H]2CC[C@H](NC(=O)c3cc(F)cnc3Oc3cc(-c4ccccc4)ccc3CCN3CCN(C(=O)OCc4ccccc4)CC3)CC2)cc1C(F)(F)F. The first-order valence-corrected chi connectivity index (χ1v) is 19.8. The lowest BCUT2D eigenvalue weighted by molar-refractivity contribution is -0.143. The van der Waals surface area contributed by atoms with Gasteiger partial charge in [-0.05, 0) is 66.5 Å². The van der Waals surface area contributed by atoms with E-state index in [1.54, 1.807) is 4.90 Å². The summed E-state index contributed by atoms with van der Waals surface area (Å²) in [5.41, 5.74) is 2.14. The first kappa shape index (κ1) is 41.9. The van der Waals surface area contributed by atoms with E-state index >= 15 is 0 Å². The van der Waals surface area contributed by atoms with Crippen LogP contribution >= 0.6 is 0 Å². The van der Waals surface area contributed by atoms with Gasteiger partial charge in [-0.2, -0.15) is 18.3 Å². The fourth-order valence-electron chi connectivity index (χ4n) is 7.43. The number of piperazine rings is 1. The summed E-state index contributed by atoms with van der Waals surface area (Å²) >= 11 is 0. The molecule has 0 bridgehead atoms. The standard InChI is InChI=1S/C44H45F4N7O5/c1-53-39(44(46,47)48)26-37(52-53)41(57)51-35-16-14-34(15-17-35)50-40(56)36-25-33(45)27-49-42(36)60-38-24-32(30-10-6-3-7-11-30)13-12-31(38)18-19-54-20-22-55(23-21-54)43(58)59-28-29-8-4-2-5-9-29/h2-13,24-27,34-35H,14-23,28H2,1H3,(H,50,56)(H,51,57)/t34-,35-. The molecule has 1 aliphatic carbocycles. The highest BCUT2D eigenvalue weighted by Crippen LogP contribution is 2.33. The number of amides is 3. The zero-order valence-corrected chi connectivity index (χ0v) is 33.0. The molecule has 7 rings (SSSR count). The number of benzene rings is 3. The number of pyridine rings is 1. The van der Waals surface area contributed by atoms with E-state index in [2.05, 4.69) is 25.6 Å². The van der Waals surface area contributed by atoms with Crippen LogP contribution in [0, 0.1) is 5.82 Å².